The van der Waals surface area contributed by atoms with Crippen molar-refractivity contribution in [2.45, 2.75) is 20.0 Å². The zero-order valence-corrected chi connectivity index (χ0v) is 17.5. The van der Waals surface area contributed by atoms with Gasteiger partial charge in [-0.25, -0.2) is 0 Å². The molecule has 4 rings (SSSR count). The average molecular weight is 412 g/mol. The number of pyridine rings is 1. The van der Waals surface area contributed by atoms with Crippen molar-refractivity contribution in [2.75, 3.05) is 11.9 Å². The zero-order chi connectivity index (χ0) is 21.5. The van der Waals surface area contributed by atoms with E-state index in [0.29, 0.717) is 18.8 Å². The van der Waals surface area contributed by atoms with Gasteiger partial charge in [-0.3, -0.25) is 9.78 Å². The molecule has 3 aromatic carbocycles. The molecule has 0 radical (unpaired) electrons. The van der Waals surface area contributed by atoms with Crippen LogP contribution in [0.1, 0.15) is 16.8 Å². The number of anilines is 1. The summed E-state index contributed by atoms with van der Waals surface area (Å²) in [6, 6.07) is 25.7. The highest BCUT2D eigenvalue weighted by molar-refractivity contribution is 5.92. The topological polar surface area (TPSA) is 63.2 Å². The number of fused-ring (bicyclic) bond motifs is 1. The number of hydrogen-bond donors (Lipinski definition) is 2. The standard InChI is InChI=1S/C26H25N3O2/c1-19-9-12-21(13-10-19)29-26(30)18-31-25-14-11-20-6-2-3-8-23(20)24(25)17-27-16-22-7-4-5-15-28-22/h2-15,27H,16-18H2,1H3,(H,29,30). The third kappa shape index (κ3) is 5.47. The Morgan fingerprint density at radius 1 is 0.903 bits per heavy atom. The summed E-state index contributed by atoms with van der Waals surface area (Å²) in [4.78, 5) is 16.7. The van der Waals surface area contributed by atoms with Crippen molar-refractivity contribution in [1.29, 1.82) is 0 Å². The van der Waals surface area contributed by atoms with E-state index in [0.717, 1.165) is 33.3 Å². The fourth-order valence-corrected chi connectivity index (χ4v) is 3.43. The van der Waals surface area contributed by atoms with Crippen molar-refractivity contribution < 1.29 is 9.53 Å². The number of nitrogens with one attached hydrogen (secondary N) is 2. The molecular weight excluding hydrogens is 386 g/mol. The molecule has 4 aromatic rings. The number of aryl methyl sites for hydroxylation is 1. The summed E-state index contributed by atoms with van der Waals surface area (Å²) in [5, 5.41) is 8.55. The van der Waals surface area contributed by atoms with Gasteiger partial charge in [-0.05, 0) is 48.0 Å². The first-order valence-corrected chi connectivity index (χ1v) is 10.3. The number of ether oxygens (including phenoxy) is 1. The van der Waals surface area contributed by atoms with Crippen LogP contribution in [0.25, 0.3) is 10.8 Å². The second-order valence-electron chi connectivity index (χ2n) is 7.39. The van der Waals surface area contributed by atoms with Gasteiger partial charge in [0.05, 0.1) is 5.69 Å². The maximum Gasteiger partial charge on any atom is 0.262 e. The lowest BCUT2D eigenvalue weighted by Crippen LogP contribution is -2.21. The molecule has 0 fully saturated rings. The molecule has 0 saturated heterocycles. The van der Waals surface area contributed by atoms with Gasteiger partial charge in [0.15, 0.2) is 6.61 Å². The molecule has 31 heavy (non-hydrogen) atoms. The minimum absolute atomic E-state index is 0.0561. The first-order valence-electron chi connectivity index (χ1n) is 10.3. The summed E-state index contributed by atoms with van der Waals surface area (Å²) in [5.74, 6) is 0.510. The molecule has 0 atom stereocenters. The van der Waals surface area contributed by atoms with E-state index in [1.54, 1.807) is 6.20 Å². The molecule has 0 spiro atoms. The SMILES string of the molecule is Cc1ccc(NC(=O)COc2ccc3ccccc3c2CNCc2ccccn2)cc1. The van der Waals surface area contributed by atoms with Gasteiger partial charge < -0.3 is 15.4 Å². The average Bonchev–Trinajstić information content (AvgIpc) is 2.80. The highest BCUT2D eigenvalue weighted by Gasteiger charge is 2.11. The van der Waals surface area contributed by atoms with Crippen molar-refractivity contribution >= 4 is 22.4 Å². The molecule has 0 bridgehead atoms. The Morgan fingerprint density at radius 3 is 2.52 bits per heavy atom. The van der Waals surface area contributed by atoms with Crippen molar-refractivity contribution in [1.82, 2.24) is 10.3 Å². The van der Waals surface area contributed by atoms with Crippen molar-refractivity contribution in [3.63, 3.8) is 0 Å². The van der Waals surface area contributed by atoms with Crippen LogP contribution in [-0.2, 0) is 17.9 Å². The Hall–Kier alpha value is -3.70. The van der Waals surface area contributed by atoms with Crippen LogP contribution < -0.4 is 15.4 Å². The van der Waals surface area contributed by atoms with Gasteiger partial charge in [-0.1, -0.05) is 54.1 Å². The van der Waals surface area contributed by atoms with E-state index in [2.05, 4.69) is 27.8 Å². The molecule has 1 aromatic heterocycles. The van der Waals surface area contributed by atoms with Gasteiger partial charge in [0.2, 0.25) is 0 Å². The van der Waals surface area contributed by atoms with Crippen molar-refractivity contribution in [2.24, 2.45) is 0 Å². The fraction of sp³-hybridized carbons (Fsp3) is 0.154. The number of rotatable bonds is 8. The van der Waals surface area contributed by atoms with Crippen LogP contribution in [0.3, 0.4) is 0 Å². The van der Waals surface area contributed by atoms with Gasteiger partial charge >= 0.3 is 0 Å². The van der Waals surface area contributed by atoms with Gasteiger partial charge in [-0.15, -0.1) is 0 Å². The fourth-order valence-electron chi connectivity index (χ4n) is 3.43. The summed E-state index contributed by atoms with van der Waals surface area (Å²) in [7, 11) is 0. The predicted molar refractivity (Wildman–Crippen MR) is 124 cm³/mol. The lowest BCUT2D eigenvalue weighted by Gasteiger charge is -2.15. The summed E-state index contributed by atoms with van der Waals surface area (Å²) in [6.07, 6.45) is 1.79. The van der Waals surface area contributed by atoms with E-state index in [1.165, 1.54) is 0 Å². The monoisotopic (exact) mass is 411 g/mol. The molecule has 0 aliphatic carbocycles. The predicted octanol–water partition coefficient (Wildman–Crippen LogP) is 4.85. The second kappa shape index (κ2) is 9.87. The lowest BCUT2D eigenvalue weighted by molar-refractivity contribution is -0.118. The van der Waals surface area contributed by atoms with E-state index in [9.17, 15) is 4.79 Å². The van der Waals surface area contributed by atoms with Crippen LogP contribution in [0.4, 0.5) is 5.69 Å². The third-order valence-corrected chi connectivity index (χ3v) is 5.03. The van der Waals surface area contributed by atoms with E-state index >= 15 is 0 Å². The van der Waals surface area contributed by atoms with E-state index in [1.807, 2.05) is 73.7 Å². The maximum atomic E-state index is 12.4. The molecule has 5 nitrogen and oxygen atoms in total. The molecule has 0 unspecified atom stereocenters. The minimum Gasteiger partial charge on any atom is -0.483 e. The molecule has 5 heteroatoms. The van der Waals surface area contributed by atoms with E-state index in [4.69, 9.17) is 4.74 Å². The number of nitrogens with zero attached hydrogens (tertiary/aromatic N) is 1. The summed E-state index contributed by atoms with van der Waals surface area (Å²) in [5.41, 5.74) is 3.91. The number of carbonyl (C=O) groups is 1. The summed E-state index contributed by atoms with van der Waals surface area (Å²) >= 11 is 0. The van der Waals surface area contributed by atoms with Crippen LogP contribution in [0.5, 0.6) is 5.75 Å². The van der Waals surface area contributed by atoms with Crippen LogP contribution in [0.15, 0.2) is 85.1 Å². The van der Waals surface area contributed by atoms with E-state index in [-0.39, 0.29) is 12.5 Å². The Kier molecular flexibility index (Phi) is 6.55. The Bertz CT molecular complexity index is 1160. The molecule has 0 aliphatic rings. The van der Waals surface area contributed by atoms with E-state index < -0.39 is 0 Å². The van der Waals surface area contributed by atoms with Gasteiger partial charge in [-0.2, -0.15) is 0 Å². The van der Waals surface area contributed by atoms with Gasteiger partial charge in [0, 0.05) is 30.5 Å². The first kappa shape index (κ1) is 20.6. The minimum atomic E-state index is -0.190. The van der Waals surface area contributed by atoms with Crippen LogP contribution >= 0.6 is 0 Å². The largest absolute Gasteiger partial charge is 0.483 e. The lowest BCUT2D eigenvalue weighted by atomic mass is 10.0. The molecular formula is C26H25N3O2. The van der Waals surface area contributed by atoms with Crippen LogP contribution in [-0.4, -0.2) is 17.5 Å². The number of carbonyl (C=O) groups excluding carboxylic acids is 1. The third-order valence-electron chi connectivity index (χ3n) is 5.03. The maximum absolute atomic E-state index is 12.4. The normalized spacial score (nSPS) is 10.7. The van der Waals surface area contributed by atoms with Crippen LogP contribution in [0.2, 0.25) is 0 Å². The molecule has 2 N–H and O–H groups in total. The number of aromatic nitrogens is 1. The van der Waals surface area contributed by atoms with Crippen molar-refractivity contribution in [3.8, 4) is 5.75 Å². The van der Waals surface area contributed by atoms with Crippen molar-refractivity contribution in [3.05, 3.63) is 102 Å². The quantitative estimate of drug-likeness (QED) is 0.435. The highest BCUT2D eigenvalue weighted by Crippen LogP contribution is 2.28. The smallest absolute Gasteiger partial charge is 0.262 e. The second-order valence-corrected chi connectivity index (χ2v) is 7.39. The molecule has 0 saturated carbocycles. The molecule has 1 heterocycles. The highest BCUT2D eigenvalue weighted by atomic mass is 16.5. The number of amides is 1. The molecule has 1 amide bonds. The van der Waals surface area contributed by atoms with Gasteiger partial charge in [0.1, 0.15) is 5.75 Å². The Morgan fingerprint density at radius 2 is 1.71 bits per heavy atom. The molecule has 156 valence electrons. The molecule has 0 aliphatic heterocycles. The van der Waals surface area contributed by atoms with Crippen LogP contribution in [0, 0.1) is 6.92 Å². The van der Waals surface area contributed by atoms with Gasteiger partial charge in [0.25, 0.3) is 5.91 Å². The number of hydrogen-bond acceptors (Lipinski definition) is 4. The Balaban J connectivity index is 1.46. The Labute approximate surface area is 182 Å². The summed E-state index contributed by atoms with van der Waals surface area (Å²) in [6.45, 7) is 3.21. The zero-order valence-electron chi connectivity index (χ0n) is 17.5. The first-order chi connectivity index (χ1) is 15.2. The number of benzene rings is 3. The summed E-state index contributed by atoms with van der Waals surface area (Å²) < 4.78 is 5.94.